The standard InChI is InChI=1S/C9H14N2O2S/c1-5-4-8(14(11,12)13)9(10)7(3)6(5)2/h4H,10H2,1-3H3,(H2,11,12,13). The molecule has 1 rings (SSSR count). The number of primary sulfonamides is 1. The Balaban J connectivity index is 3.66. The molecule has 14 heavy (non-hydrogen) atoms. The molecule has 5 heteroatoms. The Morgan fingerprint density at radius 1 is 1.14 bits per heavy atom. The number of aryl methyl sites for hydroxylation is 1. The fraction of sp³-hybridized carbons (Fsp3) is 0.333. The monoisotopic (exact) mass is 214 g/mol. The average Bonchev–Trinajstić information content (AvgIpc) is 2.06. The Hall–Kier alpha value is -1.07. The van der Waals surface area contributed by atoms with E-state index in [0.717, 1.165) is 16.7 Å². The summed E-state index contributed by atoms with van der Waals surface area (Å²) < 4.78 is 22.3. The summed E-state index contributed by atoms with van der Waals surface area (Å²) in [6.45, 7) is 5.51. The van der Waals surface area contributed by atoms with E-state index in [1.165, 1.54) is 6.07 Å². The van der Waals surface area contributed by atoms with Crippen LogP contribution >= 0.6 is 0 Å². The van der Waals surface area contributed by atoms with E-state index in [1.54, 1.807) is 6.92 Å². The maximum absolute atomic E-state index is 11.2. The Bertz CT molecular complexity index is 478. The highest BCUT2D eigenvalue weighted by atomic mass is 32.2. The van der Waals surface area contributed by atoms with Gasteiger partial charge in [0.1, 0.15) is 4.90 Å². The van der Waals surface area contributed by atoms with E-state index in [0.29, 0.717) is 0 Å². The van der Waals surface area contributed by atoms with E-state index >= 15 is 0 Å². The second-order valence-electron chi connectivity index (χ2n) is 3.40. The summed E-state index contributed by atoms with van der Waals surface area (Å²) in [6, 6.07) is 1.51. The van der Waals surface area contributed by atoms with E-state index in [1.807, 2.05) is 13.8 Å². The maximum Gasteiger partial charge on any atom is 0.240 e. The predicted octanol–water partition coefficient (Wildman–Crippen LogP) is 0.841. The van der Waals surface area contributed by atoms with Crippen molar-refractivity contribution in [1.82, 2.24) is 0 Å². The Morgan fingerprint density at radius 2 is 1.64 bits per heavy atom. The van der Waals surface area contributed by atoms with Crippen LogP contribution in [0.15, 0.2) is 11.0 Å². The summed E-state index contributed by atoms with van der Waals surface area (Å²) in [6.07, 6.45) is 0. The lowest BCUT2D eigenvalue weighted by molar-refractivity contribution is 0.598. The molecule has 0 aromatic heterocycles. The molecule has 0 saturated carbocycles. The molecule has 0 unspecified atom stereocenters. The minimum Gasteiger partial charge on any atom is -0.397 e. The molecule has 0 aliphatic rings. The zero-order valence-electron chi connectivity index (χ0n) is 8.46. The van der Waals surface area contributed by atoms with E-state index in [2.05, 4.69) is 0 Å². The quantitative estimate of drug-likeness (QED) is 0.679. The zero-order chi connectivity index (χ0) is 11.1. The van der Waals surface area contributed by atoms with Crippen molar-refractivity contribution in [2.75, 3.05) is 5.73 Å². The molecule has 4 nitrogen and oxygen atoms in total. The third-order valence-corrected chi connectivity index (χ3v) is 3.43. The van der Waals surface area contributed by atoms with Crippen LogP contribution in [0.5, 0.6) is 0 Å². The van der Waals surface area contributed by atoms with Crippen molar-refractivity contribution in [3.8, 4) is 0 Å². The lowest BCUT2D eigenvalue weighted by atomic mass is 10.0. The van der Waals surface area contributed by atoms with Gasteiger partial charge < -0.3 is 5.73 Å². The second kappa shape index (κ2) is 3.25. The minimum atomic E-state index is -3.72. The number of benzene rings is 1. The van der Waals surface area contributed by atoms with Crippen LogP contribution in [-0.2, 0) is 10.0 Å². The number of anilines is 1. The van der Waals surface area contributed by atoms with E-state index in [9.17, 15) is 8.42 Å². The van der Waals surface area contributed by atoms with Crippen LogP contribution in [0.1, 0.15) is 16.7 Å². The van der Waals surface area contributed by atoms with Gasteiger partial charge in [-0.2, -0.15) is 0 Å². The molecule has 0 aliphatic heterocycles. The lowest BCUT2D eigenvalue weighted by Crippen LogP contribution is -2.15. The van der Waals surface area contributed by atoms with E-state index in [-0.39, 0.29) is 10.6 Å². The van der Waals surface area contributed by atoms with Gasteiger partial charge in [0.2, 0.25) is 10.0 Å². The van der Waals surface area contributed by atoms with Gasteiger partial charge in [-0.25, -0.2) is 13.6 Å². The van der Waals surface area contributed by atoms with Gasteiger partial charge >= 0.3 is 0 Å². The van der Waals surface area contributed by atoms with Gasteiger partial charge in [-0.3, -0.25) is 0 Å². The Morgan fingerprint density at radius 3 is 2.07 bits per heavy atom. The van der Waals surface area contributed by atoms with Gasteiger partial charge in [0.25, 0.3) is 0 Å². The fourth-order valence-corrected chi connectivity index (χ4v) is 2.10. The van der Waals surface area contributed by atoms with Crippen LogP contribution in [0, 0.1) is 20.8 Å². The van der Waals surface area contributed by atoms with Gasteiger partial charge in [-0.05, 0) is 43.5 Å². The molecule has 0 atom stereocenters. The number of hydrogen-bond acceptors (Lipinski definition) is 3. The first-order valence-corrected chi connectivity index (χ1v) is 5.69. The van der Waals surface area contributed by atoms with Gasteiger partial charge in [-0.15, -0.1) is 0 Å². The van der Waals surface area contributed by atoms with Crippen molar-refractivity contribution in [3.05, 3.63) is 22.8 Å². The van der Waals surface area contributed by atoms with Crippen LogP contribution in [0.25, 0.3) is 0 Å². The lowest BCUT2D eigenvalue weighted by Gasteiger charge is -2.11. The normalized spacial score (nSPS) is 11.7. The molecule has 0 heterocycles. The molecule has 0 radical (unpaired) electrons. The van der Waals surface area contributed by atoms with Crippen LogP contribution in [0.3, 0.4) is 0 Å². The van der Waals surface area contributed by atoms with Gasteiger partial charge in [0.15, 0.2) is 0 Å². The third-order valence-electron chi connectivity index (χ3n) is 2.48. The van der Waals surface area contributed by atoms with Crippen LogP contribution < -0.4 is 10.9 Å². The highest BCUT2D eigenvalue weighted by Gasteiger charge is 2.16. The van der Waals surface area contributed by atoms with Crippen LogP contribution in [0.4, 0.5) is 5.69 Å². The molecule has 0 saturated heterocycles. The van der Waals surface area contributed by atoms with Crippen molar-refractivity contribution in [2.24, 2.45) is 5.14 Å². The van der Waals surface area contributed by atoms with Crippen molar-refractivity contribution in [3.63, 3.8) is 0 Å². The smallest absolute Gasteiger partial charge is 0.240 e. The zero-order valence-corrected chi connectivity index (χ0v) is 9.27. The molecule has 0 bridgehead atoms. The molecule has 78 valence electrons. The highest BCUT2D eigenvalue weighted by molar-refractivity contribution is 7.89. The summed E-state index contributed by atoms with van der Waals surface area (Å²) in [7, 11) is -3.72. The molecular weight excluding hydrogens is 200 g/mol. The van der Waals surface area contributed by atoms with Crippen LogP contribution in [-0.4, -0.2) is 8.42 Å². The molecular formula is C9H14N2O2S. The molecule has 0 amide bonds. The van der Waals surface area contributed by atoms with Gasteiger partial charge in [-0.1, -0.05) is 0 Å². The SMILES string of the molecule is Cc1cc(S(N)(=O)=O)c(N)c(C)c1C. The molecule has 0 spiro atoms. The number of hydrogen-bond donors (Lipinski definition) is 2. The minimum absolute atomic E-state index is 0.0121. The maximum atomic E-state index is 11.2. The molecule has 1 aromatic rings. The molecule has 0 fully saturated rings. The van der Waals surface area contributed by atoms with Crippen molar-refractivity contribution in [1.29, 1.82) is 0 Å². The Labute approximate surface area is 84.0 Å². The largest absolute Gasteiger partial charge is 0.397 e. The number of nitrogens with two attached hydrogens (primary N) is 2. The first-order valence-electron chi connectivity index (χ1n) is 4.14. The second-order valence-corrected chi connectivity index (χ2v) is 4.93. The first kappa shape index (κ1) is 11.0. The predicted molar refractivity (Wildman–Crippen MR) is 56.4 cm³/mol. The summed E-state index contributed by atoms with van der Waals surface area (Å²) in [5.41, 5.74) is 8.57. The molecule has 1 aromatic carbocycles. The Kier molecular flexibility index (Phi) is 2.56. The van der Waals surface area contributed by atoms with Crippen LogP contribution in [0.2, 0.25) is 0 Å². The summed E-state index contributed by atoms with van der Waals surface area (Å²) in [5, 5.41) is 5.04. The van der Waals surface area contributed by atoms with Crippen molar-refractivity contribution < 1.29 is 8.42 Å². The number of nitrogen functional groups attached to an aromatic ring is 1. The topological polar surface area (TPSA) is 86.2 Å². The molecule has 0 aliphatic carbocycles. The highest BCUT2D eigenvalue weighted by Crippen LogP contribution is 2.26. The first-order chi connectivity index (χ1) is 6.25. The van der Waals surface area contributed by atoms with E-state index in [4.69, 9.17) is 10.9 Å². The third kappa shape index (κ3) is 1.73. The summed E-state index contributed by atoms with van der Waals surface area (Å²) >= 11 is 0. The van der Waals surface area contributed by atoms with E-state index < -0.39 is 10.0 Å². The summed E-state index contributed by atoms with van der Waals surface area (Å²) in [5.74, 6) is 0. The number of rotatable bonds is 1. The average molecular weight is 214 g/mol. The molecule has 4 N–H and O–H groups in total. The fourth-order valence-electron chi connectivity index (χ4n) is 1.30. The number of sulfonamides is 1. The van der Waals surface area contributed by atoms with Crippen molar-refractivity contribution in [2.45, 2.75) is 25.7 Å². The van der Waals surface area contributed by atoms with Crippen molar-refractivity contribution >= 4 is 15.7 Å². The summed E-state index contributed by atoms with van der Waals surface area (Å²) in [4.78, 5) is 0.0121. The van der Waals surface area contributed by atoms with Gasteiger partial charge in [0, 0.05) is 0 Å². The van der Waals surface area contributed by atoms with Gasteiger partial charge in [0.05, 0.1) is 5.69 Å².